The van der Waals surface area contributed by atoms with Crippen molar-refractivity contribution in [2.75, 3.05) is 4.90 Å². The van der Waals surface area contributed by atoms with E-state index in [1.165, 1.54) is 11.0 Å². The average molecular weight is 489 g/mol. The van der Waals surface area contributed by atoms with E-state index in [2.05, 4.69) is 20.9 Å². The van der Waals surface area contributed by atoms with E-state index >= 15 is 0 Å². The fourth-order valence-electron chi connectivity index (χ4n) is 4.13. The topological polar surface area (TPSA) is 93.6 Å². The number of phenols is 1. The highest BCUT2D eigenvalue weighted by Crippen LogP contribution is 2.46. The summed E-state index contributed by atoms with van der Waals surface area (Å²) in [6.07, 6.45) is 1.73. The molecule has 3 N–H and O–H groups in total. The van der Waals surface area contributed by atoms with Crippen molar-refractivity contribution in [3.05, 3.63) is 100 Å². The molecule has 6 nitrogen and oxygen atoms in total. The van der Waals surface area contributed by atoms with E-state index in [4.69, 9.17) is 0 Å². The number of aromatic amines is 1. The largest absolute Gasteiger partial charge is 0.507 e. The van der Waals surface area contributed by atoms with Crippen LogP contribution >= 0.6 is 15.9 Å². The summed E-state index contributed by atoms with van der Waals surface area (Å²) in [6.45, 7) is 0. The third-order valence-corrected chi connectivity index (χ3v) is 6.15. The highest BCUT2D eigenvalue weighted by Gasteiger charge is 2.48. The molecule has 1 saturated heterocycles. The summed E-state index contributed by atoms with van der Waals surface area (Å²) < 4.78 is 0.817. The fourth-order valence-corrected chi connectivity index (χ4v) is 4.39. The number of aromatic nitrogens is 1. The van der Waals surface area contributed by atoms with Crippen LogP contribution in [0.2, 0.25) is 0 Å². The zero-order valence-electron chi connectivity index (χ0n) is 16.6. The van der Waals surface area contributed by atoms with Crippen molar-refractivity contribution in [2.24, 2.45) is 0 Å². The monoisotopic (exact) mass is 488 g/mol. The van der Waals surface area contributed by atoms with Crippen LogP contribution in [0.25, 0.3) is 16.7 Å². The zero-order valence-corrected chi connectivity index (χ0v) is 18.2. The van der Waals surface area contributed by atoms with Gasteiger partial charge in [-0.25, -0.2) is 0 Å². The molecule has 7 heteroatoms. The van der Waals surface area contributed by atoms with Gasteiger partial charge in [-0.05, 0) is 30.3 Å². The van der Waals surface area contributed by atoms with E-state index in [-0.39, 0.29) is 22.8 Å². The first-order valence-corrected chi connectivity index (χ1v) is 10.7. The number of nitrogens with one attached hydrogen (secondary N) is 1. The summed E-state index contributed by atoms with van der Waals surface area (Å²) in [5.74, 6) is -2.05. The van der Waals surface area contributed by atoms with Gasteiger partial charge in [-0.3, -0.25) is 14.5 Å². The molecule has 32 heavy (non-hydrogen) atoms. The number of phenolic OH excluding ortho intramolecular Hbond substituents is 1. The third-order valence-electron chi connectivity index (χ3n) is 5.62. The number of anilines is 1. The fraction of sp³-hybridized carbons (Fsp3) is 0.0400. The number of rotatable bonds is 3. The van der Waals surface area contributed by atoms with Gasteiger partial charge in [-0.15, -0.1) is 0 Å². The van der Waals surface area contributed by atoms with E-state index in [0.29, 0.717) is 11.1 Å². The highest BCUT2D eigenvalue weighted by atomic mass is 79.9. The van der Waals surface area contributed by atoms with E-state index in [0.717, 1.165) is 15.4 Å². The number of fused-ring (bicyclic) bond motifs is 1. The second-order valence-corrected chi connectivity index (χ2v) is 8.37. The Morgan fingerprint density at radius 2 is 1.62 bits per heavy atom. The van der Waals surface area contributed by atoms with Crippen LogP contribution < -0.4 is 4.90 Å². The Bertz CT molecular complexity index is 1410. The quantitative estimate of drug-likeness (QED) is 0.208. The van der Waals surface area contributed by atoms with Gasteiger partial charge in [0.25, 0.3) is 11.7 Å². The third kappa shape index (κ3) is 3.09. The number of benzene rings is 3. The first kappa shape index (κ1) is 20.1. The lowest BCUT2D eigenvalue weighted by Gasteiger charge is -2.25. The molecule has 0 saturated carbocycles. The molecule has 1 aliphatic heterocycles. The molecule has 4 aromatic rings. The summed E-state index contributed by atoms with van der Waals surface area (Å²) in [5.41, 5.74) is 2.04. The van der Waals surface area contributed by atoms with Crippen LogP contribution in [0.5, 0.6) is 5.75 Å². The number of hydrogen-bond acceptors (Lipinski definition) is 4. The Balaban J connectivity index is 1.80. The zero-order chi connectivity index (χ0) is 22.4. The van der Waals surface area contributed by atoms with Gasteiger partial charge in [-0.1, -0.05) is 58.4 Å². The molecule has 0 aliphatic carbocycles. The Morgan fingerprint density at radius 1 is 0.938 bits per heavy atom. The molecule has 0 bridgehead atoms. The van der Waals surface area contributed by atoms with Gasteiger partial charge >= 0.3 is 0 Å². The van der Waals surface area contributed by atoms with Crippen LogP contribution in [-0.4, -0.2) is 26.9 Å². The van der Waals surface area contributed by atoms with Crippen molar-refractivity contribution in [3.63, 3.8) is 0 Å². The minimum Gasteiger partial charge on any atom is -0.507 e. The molecule has 5 rings (SSSR count). The maximum Gasteiger partial charge on any atom is 0.300 e. The molecule has 1 atom stereocenters. The predicted octanol–water partition coefficient (Wildman–Crippen LogP) is 5.26. The summed E-state index contributed by atoms with van der Waals surface area (Å²) in [7, 11) is 0. The number of nitrogens with zero attached hydrogens (tertiary/aromatic N) is 1. The van der Waals surface area contributed by atoms with E-state index in [9.17, 15) is 19.8 Å². The normalized spacial score (nSPS) is 17.9. The average Bonchev–Trinajstić information content (AvgIpc) is 3.33. The Kier molecular flexibility index (Phi) is 4.83. The number of H-pyrrole nitrogens is 1. The lowest BCUT2D eigenvalue weighted by atomic mass is 9.94. The van der Waals surface area contributed by atoms with Gasteiger partial charge in [0.15, 0.2) is 0 Å². The number of para-hydroxylation sites is 3. The van der Waals surface area contributed by atoms with Gasteiger partial charge in [0, 0.05) is 32.7 Å². The highest BCUT2D eigenvalue weighted by molar-refractivity contribution is 9.10. The van der Waals surface area contributed by atoms with Crippen molar-refractivity contribution in [2.45, 2.75) is 6.04 Å². The van der Waals surface area contributed by atoms with Crippen LogP contribution in [0.4, 0.5) is 5.69 Å². The lowest BCUT2D eigenvalue weighted by molar-refractivity contribution is -0.132. The lowest BCUT2D eigenvalue weighted by Crippen LogP contribution is -2.29. The van der Waals surface area contributed by atoms with E-state index in [1.807, 2.05) is 24.3 Å². The van der Waals surface area contributed by atoms with Crippen molar-refractivity contribution in [1.29, 1.82) is 0 Å². The molecule has 0 radical (unpaired) electrons. The minimum atomic E-state index is -0.928. The molecule has 0 spiro atoms. The Labute approximate surface area is 191 Å². The van der Waals surface area contributed by atoms with Crippen LogP contribution in [0.3, 0.4) is 0 Å². The van der Waals surface area contributed by atoms with Crippen molar-refractivity contribution < 1.29 is 19.8 Å². The second kappa shape index (κ2) is 7.69. The SMILES string of the molecule is O=C1C(=O)N(c2ccccc2O)C(c2c[nH]c3ccccc23)/C1=C(\O)c1ccc(Br)cc1. The van der Waals surface area contributed by atoms with Gasteiger partial charge < -0.3 is 15.2 Å². The number of ketones is 1. The number of aliphatic hydroxyl groups is 1. The summed E-state index contributed by atoms with van der Waals surface area (Å²) in [4.78, 5) is 30.8. The van der Waals surface area contributed by atoms with Crippen molar-refractivity contribution in [3.8, 4) is 5.75 Å². The number of Topliss-reactive ketones (excluding diaryl/α,β-unsaturated/α-hetero) is 1. The van der Waals surface area contributed by atoms with E-state index < -0.39 is 17.7 Å². The maximum absolute atomic E-state index is 13.2. The van der Waals surface area contributed by atoms with Gasteiger partial charge in [-0.2, -0.15) is 0 Å². The van der Waals surface area contributed by atoms with Gasteiger partial charge in [0.1, 0.15) is 11.5 Å². The number of amides is 1. The number of carbonyl (C=O) groups is 2. The predicted molar refractivity (Wildman–Crippen MR) is 125 cm³/mol. The first-order valence-electron chi connectivity index (χ1n) is 9.88. The first-order chi connectivity index (χ1) is 15.5. The number of hydrogen-bond donors (Lipinski definition) is 3. The van der Waals surface area contributed by atoms with Crippen LogP contribution in [0, 0.1) is 0 Å². The Morgan fingerprint density at radius 3 is 2.38 bits per heavy atom. The molecule has 1 fully saturated rings. The minimum absolute atomic E-state index is 0.0367. The van der Waals surface area contributed by atoms with Gasteiger partial charge in [0.2, 0.25) is 0 Å². The molecule has 1 aromatic heterocycles. The van der Waals surface area contributed by atoms with Crippen LogP contribution in [0.1, 0.15) is 17.2 Å². The smallest absolute Gasteiger partial charge is 0.300 e. The molecule has 1 unspecified atom stereocenters. The number of halogens is 1. The second-order valence-electron chi connectivity index (χ2n) is 7.45. The summed E-state index contributed by atoms with van der Waals surface area (Å²) in [5, 5.41) is 22.5. The standard InChI is InChI=1S/C25H17BrN2O4/c26-15-11-9-14(10-12-15)23(30)21-22(17-13-27-18-6-2-1-5-16(17)18)28(25(32)24(21)31)19-7-3-4-8-20(19)29/h1-13,22,27,29-30H/b23-21+. The summed E-state index contributed by atoms with van der Waals surface area (Å²) in [6, 6.07) is 19.7. The van der Waals surface area contributed by atoms with Gasteiger partial charge in [0.05, 0.1) is 17.3 Å². The molecule has 1 amide bonds. The van der Waals surface area contributed by atoms with Crippen molar-refractivity contribution >= 4 is 50.0 Å². The Hall–Kier alpha value is -3.84. The molecule has 158 valence electrons. The van der Waals surface area contributed by atoms with Crippen molar-refractivity contribution in [1.82, 2.24) is 4.98 Å². The maximum atomic E-state index is 13.2. The van der Waals surface area contributed by atoms with Crippen LogP contribution in [0.15, 0.2) is 89.0 Å². The molecule has 1 aliphatic rings. The van der Waals surface area contributed by atoms with Crippen LogP contribution in [-0.2, 0) is 9.59 Å². The molecular formula is C25H17BrN2O4. The van der Waals surface area contributed by atoms with E-state index in [1.54, 1.807) is 48.7 Å². The molecular weight excluding hydrogens is 472 g/mol. The number of aromatic hydroxyl groups is 1. The summed E-state index contributed by atoms with van der Waals surface area (Å²) >= 11 is 3.36. The number of carbonyl (C=O) groups excluding carboxylic acids is 2. The molecule has 2 heterocycles. The number of aliphatic hydroxyl groups excluding tert-OH is 1. The molecule has 3 aromatic carbocycles.